The second-order valence-corrected chi connectivity index (χ2v) is 6.72. The molecule has 1 aliphatic carbocycles. The molecule has 0 radical (unpaired) electrons. The maximum Gasteiger partial charge on any atom is 0.255 e. The van der Waals surface area contributed by atoms with Gasteiger partial charge in [0.2, 0.25) is 0 Å². The van der Waals surface area contributed by atoms with Crippen LogP contribution in [0, 0.1) is 23.7 Å². The van der Waals surface area contributed by atoms with Gasteiger partial charge in [0, 0.05) is 18.4 Å². The van der Waals surface area contributed by atoms with Gasteiger partial charge in [0.05, 0.1) is 11.3 Å². The van der Waals surface area contributed by atoms with E-state index in [4.69, 9.17) is 5.84 Å². The lowest BCUT2D eigenvalue weighted by molar-refractivity contribution is 0.0950. The van der Waals surface area contributed by atoms with E-state index in [0.717, 1.165) is 5.69 Å². The SMILES string of the molecule is Cc1cc(NN)c(C(=O)NCC2C(C)(C)C2(C)C)cn1. The number of amides is 1. The summed E-state index contributed by atoms with van der Waals surface area (Å²) in [6.07, 6.45) is 1.56. The molecule has 1 heterocycles. The van der Waals surface area contributed by atoms with Crippen molar-refractivity contribution in [1.29, 1.82) is 0 Å². The van der Waals surface area contributed by atoms with Crippen molar-refractivity contribution in [3.05, 3.63) is 23.5 Å². The van der Waals surface area contributed by atoms with Gasteiger partial charge in [0.15, 0.2) is 0 Å². The van der Waals surface area contributed by atoms with Gasteiger partial charge in [-0.3, -0.25) is 15.6 Å². The lowest BCUT2D eigenvalue weighted by Crippen LogP contribution is -2.28. The third-order valence-corrected chi connectivity index (χ3v) is 5.23. The van der Waals surface area contributed by atoms with E-state index in [9.17, 15) is 4.79 Å². The summed E-state index contributed by atoms with van der Waals surface area (Å²) in [5, 5.41) is 2.99. The van der Waals surface area contributed by atoms with Crippen LogP contribution in [0.25, 0.3) is 0 Å². The van der Waals surface area contributed by atoms with Crippen molar-refractivity contribution in [2.45, 2.75) is 34.6 Å². The number of nitrogens with one attached hydrogen (secondary N) is 2. The van der Waals surface area contributed by atoms with Crippen molar-refractivity contribution in [3.63, 3.8) is 0 Å². The average Bonchev–Trinajstić information content (AvgIpc) is 2.76. The fourth-order valence-electron chi connectivity index (χ4n) is 2.99. The molecule has 1 amide bonds. The summed E-state index contributed by atoms with van der Waals surface area (Å²) < 4.78 is 0. The first-order valence-electron chi connectivity index (χ1n) is 6.93. The number of carbonyl (C=O) groups excluding carboxylic acids is 1. The third-order valence-electron chi connectivity index (χ3n) is 5.23. The number of rotatable bonds is 4. The number of aryl methyl sites for hydroxylation is 1. The van der Waals surface area contributed by atoms with Crippen LogP contribution < -0.4 is 16.6 Å². The minimum atomic E-state index is -0.135. The fraction of sp³-hybridized carbons (Fsp3) is 0.600. The van der Waals surface area contributed by atoms with Gasteiger partial charge in [-0.1, -0.05) is 27.7 Å². The maximum atomic E-state index is 12.2. The second-order valence-electron chi connectivity index (χ2n) is 6.72. The summed E-state index contributed by atoms with van der Waals surface area (Å²) in [5.74, 6) is 5.81. The first-order chi connectivity index (χ1) is 9.21. The number of carbonyl (C=O) groups is 1. The second kappa shape index (κ2) is 4.74. The number of hydrazine groups is 1. The lowest BCUT2D eigenvalue weighted by Gasteiger charge is -2.10. The largest absolute Gasteiger partial charge is 0.352 e. The van der Waals surface area contributed by atoms with Crippen LogP contribution in [-0.2, 0) is 0 Å². The Morgan fingerprint density at radius 1 is 1.35 bits per heavy atom. The molecular weight excluding hydrogens is 252 g/mol. The molecule has 1 aromatic rings. The van der Waals surface area contributed by atoms with Crippen molar-refractivity contribution in [1.82, 2.24) is 10.3 Å². The molecule has 0 atom stereocenters. The van der Waals surface area contributed by atoms with Gasteiger partial charge in [-0.25, -0.2) is 0 Å². The van der Waals surface area contributed by atoms with Crippen LogP contribution in [-0.4, -0.2) is 17.4 Å². The molecule has 1 saturated carbocycles. The molecule has 0 aromatic carbocycles. The Balaban J connectivity index is 2.04. The lowest BCUT2D eigenvalue weighted by atomic mass is 10.0. The Hall–Kier alpha value is -1.62. The van der Waals surface area contributed by atoms with Gasteiger partial charge >= 0.3 is 0 Å². The zero-order chi connectivity index (χ0) is 15.1. The minimum absolute atomic E-state index is 0.135. The average molecular weight is 276 g/mol. The van der Waals surface area contributed by atoms with Crippen LogP contribution in [0.2, 0.25) is 0 Å². The standard InChI is InChI=1S/C15H24N4O/c1-9-6-11(19-16)10(7-17-9)13(20)18-8-12-14(2,3)15(12,4)5/h6-7,12H,8,16H2,1-5H3,(H,17,19)(H,18,20). The molecule has 1 aliphatic rings. The van der Waals surface area contributed by atoms with Crippen LogP contribution in [0.1, 0.15) is 43.7 Å². The normalized spacial score (nSPS) is 19.5. The highest BCUT2D eigenvalue weighted by Crippen LogP contribution is 2.67. The van der Waals surface area contributed by atoms with E-state index >= 15 is 0 Å². The van der Waals surface area contributed by atoms with E-state index in [1.807, 2.05) is 6.92 Å². The van der Waals surface area contributed by atoms with Gasteiger partial charge < -0.3 is 10.7 Å². The Labute approximate surface area is 120 Å². The molecule has 1 aromatic heterocycles. The van der Waals surface area contributed by atoms with Crippen LogP contribution in [0.3, 0.4) is 0 Å². The highest BCUT2D eigenvalue weighted by molar-refractivity contribution is 5.99. The van der Waals surface area contributed by atoms with E-state index in [2.05, 4.69) is 43.4 Å². The van der Waals surface area contributed by atoms with Crippen LogP contribution in [0.4, 0.5) is 5.69 Å². The van der Waals surface area contributed by atoms with Crippen molar-refractivity contribution in [2.75, 3.05) is 12.0 Å². The topological polar surface area (TPSA) is 80.0 Å². The number of pyridine rings is 1. The van der Waals surface area contributed by atoms with Gasteiger partial charge in [0.25, 0.3) is 5.91 Å². The van der Waals surface area contributed by atoms with Crippen LogP contribution >= 0.6 is 0 Å². The summed E-state index contributed by atoms with van der Waals surface area (Å²) in [6, 6.07) is 1.76. The number of hydrogen-bond donors (Lipinski definition) is 3. The van der Waals surface area contributed by atoms with E-state index in [-0.39, 0.29) is 16.7 Å². The van der Waals surface area contributed by atoms with E-state index in [1.165, 1.54) is 0 Å². The van der Waals surface area contributed by atoms with Gasteiger partial charge in [0.1, 0.15) is 0 Å². The van der Waals surface area contributed by atoms with Crippen LogP contribution in [0.5, 0.6) is 0 Å². The maximum absolute atomic E-state index is 12.2. The Kier molecular flexibility index (Phi) is 3.50. The molecule has 0 saturated heterocycles. The van der Waals surface area contributed by atoms with Crippen LogP contribution in [0.15, 0.2) is 12.3 Å². The predicted octanol–water partition coefficient (Wildman–Crippen LogP) is 2.09. The Morgan fingerprint density at radius 3 is 2.45 bits per heavy atom. The van der Waals surface area contributed by atoms with Crippen molar-refractivity contribution >= 4 is 11.6 Å². The van der Waals surface area contributed by atoms with E-state index in [1.54, 1.807) is 12.3 Å². The molecule has 1 fully saturated rings. The molecule has 5 heteroatoms. The molecule has 110 valence electrons. The number of nitrogens with zero attached hydrogens (tertiary/aromatic N) is 1. The molecular formula is C15H24N4O. The summed E-state index contributed by atoms with van der Waals surface area (Å²) in [7, 11) is 0. The fourth-order valence-corrected chi connectivity index (χ4v) is 2.99. The number of hydrogen-bond acceptors (Lipinski definition) is 4. The summed E-state index contributed by atoms with van der Waals surface area (Å²) in [6.45, 7) is 11.5. The summed E-state index contributed by atoms with van der Waals surface area (Å²) in [5.41, 5.74) is 4.98. The minimum Gasteiger partial charge on any atom is -0.352 e. The number of nitrogens with two attached hydrogens (primary N) is 1. The highest BCUT2D eigenvalue weighted by atomic mass is 16.1. The molecule has 0 bridgehead atoms. The monoisotopic (exact) mass is 276 g/mol. The first kappa shape index (κ1) is 14.8. The van der Waals surface area contributed by atoms with Gasteiger partial charge in [-0.2, -0.15) is 0 Å². The predicted molar refractivity (Wildman–Crippen MR) is 80.2 cm³/mol. The van der Waals surface area contributed by atoms with Crippen molar-refractivity contribution in [3.8, 4) is 0 Å². The number of anilines is 1. The van der Waals surface area contributed by atoms with Crippen molar-refractivity contribution in [2.24, 2.45) is 22.6 Å². The molecule has 4 N–H and O–H groups in total. The quantitative estimate of drug-likeness (QED) is 0.581. The Bertz CT molecular complexity index is 523. The molecule has 0 aliphatic heterocycles. The number of aromatic nitrogens is 1. The Morgan fingerprint density at radius 2 is 1.95 bits per heavy atom. The van der Waals surface area contributed by atoms with Gasteiger partial charge in [-0.05, 0) is 29.7 Å². The summed E-state index contributed by atoms with van der Waals surface area (Å²) in [4.78, 5) is 16.4. The smallest absolute Gasteiger partial charge is 0.255 e. The molecule has 0 unspecified atom stereocenters. The molecule has 2 rings (SSSR count). The highest BCUT2D eigenvalue weighted by Gasteiger charge is 2.64. The van der Waals surface area contributed by atoms with Gasteiger partial charge in [-0.15, -0.1) is 0 Å². The van der Waals surface area contributed by atoms with E-state index in [0.29, 0.717) is 23.7 Å². The zero-order valence-electron chi connectivity index (χ0n) is 12.9. The first-order valence-corrected chi connectivity index (χ1v) is 6.93. The molecule has 20 heavy (non-hydrogen) atoms. The van der Waals surface area contributed by atoms with E-state index < -0.39 is 0 Å². The zero-order valence-corrected chi connectivity index (χ0v) is 12.9. The third kappa shape index (κ3) is 2.26. The number of nitrogen functional groups attached to an aromatic ring is 1. The summed E-state index contributed by atoms with van der Waals surface area (Å²) >= 11 is 0. The van der Waals surface area contributed by atoms with Crippen molar-refractivity contribution < 1.29 is 4.79 Å². The molecule has 0 spiro atoms. The molecule has 5 nitrogen and oxygen atoms in total.